The maximum Gasteiger partial charge on any atom is -0.0175 e. The van der Waals surface area contributed by atoms with Gasteiger partial charge in [0.25, 0.3) is 0 Å². The van der Waals surface area contributed by atoms with Gasteiger partial charge in [-0.05, 0) is 128 Å². The Morgan fingerprint density at radius 3 is 1.97 bits per heavy atom. The van der Waals surface area contributed by atoms with Gasteiger partial charge in [-0.15, -0.1) is 0 Å². The summed E-state index contributed by atoms with van der Waals surface area (Å²) in [4.78, 5) is 0. The molecule has 0 N–H and O–H groups in total. The topological polar surface area (TPSA) is 0 Å². The Balaban J connectivity index is 1.48. The van der Waals surface area contributed by atoms with Gasteiger partial charge in [0.1, 0.15) is 0 Å². The van der Waals surface area contributed by atoms with Crippen molar-refractivity contribution < 1.29 is 0 Å². The summed E-state index contributed by atoms with van der Waals surface area (Å²) in [6, 6.07) is 0. The van der Waals surface area contributed by atoms with Crippen molar-refractivity contribution in [2.24, 2.45) is 57.2 Å². The zero-order valence-corrected chi connectivity index (χ0v) is 20.4. The third-order valence-electron chi connectivity index (χ3n) is 12.5. The zero-order valence-electron chi connectivity index (χ0n) is 20.4. The second kappa shape index (κ2) is 6.38. The van der Waals surface area contributed by atoms with Crippen molar-refractivity contribution in [3.63, 3.8) is 0 Å². The van der Waals surface area contributed by atoms with Crippen molar-refractivity contribution in [2.75, 3.05) is 0 Å². The normalized spacial score (nSPS) is 55.9. The summed E-state index contributed by atoms with van der Waals surface area (Å²) in [5.74, 6) is 5.68. The SMILES string of the molecule is C=C(C)[C@H]1CC[C@@]2(C)C1CC[C@@H]1[C@@H]2CC[C@H]2[C@@]1(C)CC[C@H]1C(C)(C)CCC[C@]21C. The molecule has 0 nitrogen and oxygen atoms in total. The van der Waals surface area contributed by atoms with Gasteiger partial charge in [-0.2, -0.15) is 0 Å². The van der Waals surface area contributed by atoms with Crippen LogP contribution < -0.4 is 0 Å². The lowest BCUT2D eigenvalue weighted by molar-refractivity contribution is -0.200. The minimum Gasteiger partial charge on any atom is -0.0999 e. The lowest BCUT2D eigenvalue weighted by atomic mass is 9.36. The summed E-state index contributed by atoms with van der Waals surface area (Å²) >= 11 is 0. The Labute approximate surface area is 181 Å². The van der Waals surface area contributed by atoms with E-state index >= 15 is 0 Å². The Morgan fingerprint density at radius 1 is 0.621 bits per heavy atom. The lowest BCUT2D eigenvalue weighted by Crippen LogP contribution is -2.61. The van der Waals surface area contributed by atoms with Crippen molar-refractivity contribution in [1.29, 1.82) is 0 Å². The molecule has 0 heteroatoms. The molecule has 5 aliphatic rings. The van der Waals surface area contributed by atoms with E-state index in [2.05, 4.69) is 48.1 Å². The highest BCUT2D eigenvalue weighted by molar-refractivity contribution is 5.17. The predicted octanol–water partition coefficient (Wildman–Crippen LogP) is 8.66. The van der Waals surface area contributed by atoms with Crippen LogP contribution in [0.15, 0.2) is 12.2 Å². The number of hydrogen-bond acceptors (Lipinski definition) is 0. The van der Waals surface area contributed by atoms with Gasteiger partial charge in [0.05, 0.1) is 0 Å². The van der Waals surface area contributed by atoms with Gasteiger partial charge in [-0.1, -0.05) is 53.2 Å². The van der Waals surface area contributed by atoms with Crippen LogP contribution in [-0.4, -0.2) is 0 Å². The summed E-state index contributed by atoms with van der Waals surface area (Å²) < 4.78 is 0. The van der Waals surface area contributed by atoms with Crippen LogP contribution in [0.25, 0.3) is 0 Å². The van der Waals surface area contributed by atoms with Crippen molar-refractivity contribution >= 4 is 0 Å². The molecule has 0 spiro atoms. The maximum atomic E-state index is 4.41. The molecular formula is C29H48. The van der Waals surface area contributed by atoms with Crippen LogP contribution in [0.2, 0.25) is 0 Å². The van der Waals surface area contributed by atoms with Gasteiger partial charge >= 0.3 is 0 Å². The molecule has 0 aromatic carbocycles. The molecule has 0 bridgehead atoms. The van der Waals surface area contributed by atoms with E-state index < -0.39 is 0 Å². The van der Waals surface area contributed by atoms with Gasteiger partial charge in [0.15, 0.2) is 0 Å². The smallest absolute Gasteiger partial charge is 0.0175 e. The van der Waals surface area contributed by atoms with Crippen molar-refractivity contribution in [2.45, 2.75) is 112 Å². The molecule has 0 radical (unpaired) electrons. The van der Waals surface area contributed by atoms with Crippen LogP contribution in [-0.2, 0) is 0 Å². The average molecular weight is 397 g/mol. The molecule has 0 aliphatic heterocycles. The van der Waals surface area contributed by atoms with Crippen LogP contribution in [0.1, 0.15) is 112 Å². The monoisotopic (exact) mass is 396 g/mol. The molecule has 5 aliphatic carbocycles. The molecule has 0 saturated heterocycles. The van der Waals surface area contributed by atoms with Crippen LogP contribution >= 0.6 is 0 Å². The summed E-state index contributed by atoms with van der Waals surface area (Å²) in [5.41, 5.74) is 3.86. The summed E-state index contributed by atoms with van der Waals surface area (Å²) in [5, 5.41) is 0. The maximum absolute atomic E-state index is 4.41. The minimum absolute atomic E-state index is 0.564. The van der Waals surface area contributed by atoms with Gasteiger partial charge in [-0.3, -0.25) is 0 Å². The second-order valence-electron chi connectivity index (χ2n) is 14.0. The number of allylic oxidation sites excluding steroid dienone is 1. The molecule has 1 unspecified atom stereocenters. The average Bonchev–Trinajstić information content (AvgIpc) is 2.98. The first kappa shape index (κ1) is 20.6. The van der Waals surface area contributed by atoms with Gasteiger partial charge in [-0.25, -0.2) is 0 Å². The van der Waals surface area contributed by atoms with E-state index in [4.69, 9.17) is 0 Å². The third-order valence-corrected chi connectivity index (χ3v) is 12.5. The fraction of sp³-hybridized carbons (Fsp3) is 0.931. The fourth-order valence-corrected chi connectivity index (χ4v) is 11.4. The Morgan fingerprint density at radius 2 is 1.24 bits per heavy atom. The first-order chi connectivity index (χ1) is 13.5. The summed E-state index contributed by atoms with van der Waals surface area (Å²) in [6.45, 7) is 20.2. The summed E-state index contributed by atoms with van der Waals surface area (Å²) in [6.07, 6.45) is 16.4. The van der Waals surface area contributed by atoms with Gasteiger partial charge in [0.2, 0.25) is 0 Å². The van der Waals surface area contributed by atoms with Crippen LogP contribution in [0.3, 0.4) is 0 Å². The van der Waals surface area contributed by atoms with Crippen molar-refractivity contribution in [3.8, 4) is 0 Å². The zero-order chi connectivity index (χ0) is 20.8. The van der Waals surface area contributed by atoms with E-state index in [0.29, 0.717) is 21.7 Å². The molecule has 5 fully saturated rings. The van der Waals surface area contributed by atoms with E-state index in [1.165, 1.54) is 76.2 Å². The number of fused-ring (bicyclic) bond motifs is 7. The fourth-order valence-electron chi connectivity index (χ4n) is 11.4. The Bertz CT molecular complexity index is 686. The Hall–Kier alpha value is -0.260. The molecule has 164 valence electrons. The molecule has 0 aromatic rings. The Kier molecular flexibility index (Phi) is 4.54. The molecular weight excluding hydrogens is 348 g/mol. The van der Waals surface area contributed by atoms with Crippen molar-refractivity contribution in [1.82, 2.24) is 0 Å². The van der Waals surface area contributed by atoms with Crippen LogP contribution in [0.5, 0.6) is 0 Å². The molecule has 9 atom stereocenters. The molecule has 29 heavy (non-hydrogen) atoms. The van der Waals surface area contributed by atoms with E-state index in [9.17, 15) is 0 Å². The highest BCUT2D eigenvalue weighted by atomic mass is 14.7. The predicted molar refractivity (Wildman–Crippen MR) is 125 cm³/mol. The van der Waals surface area contributed by atoms with E-state index in [1.54, 1.807) is 0 Å². The van der Waals surface area contributed by atoms with Gasteiger partial charge in [0, 0.05) is 0 Å². The van der Waals surface area contributed by atoms with Gasteiger partial charge < -0.3 is 0 Å². The largest absolute Gasteiger partial charge is 0.0999 e. The first-order valence-corrected chi connectivity index (χ1v) is 13.2. The molecule has 0 aromatic heterocycles. The molecule has 5 saturated carbocycles. The summed E-state index contributed by atoms with van der Waals surface area (Å²) in [7, 11) is 0. The highest BCUT2D eigenvalue weighted by Crippen LogP contribution is 2.74. The van der Waals surface area contributed by atoms with Crippen LogP contribution in [0, 0.1) is 57.2 Å². The first-order valence-electron chi connectivity index (χ1n) is 13.2. The van der Waals surface area contributed by atoms with E-state index in [-0.39, 0.29) is 0 Å². The van der Waals surface area contributed by atoms with Crippen LogP contribution in [0.4, 0.5) is 0 Å². The molecule has 0 heterocycles. The highest BCUT2D eigenvalue weighted by Gasteiger charge is 2.66. The van der Waals surface area contributed by atoms with E-state index in [0.717, 1.165) is 35.5 Å². The minimum atomic E-state index is 0.564. The molecule has 5 rings (SSSR count). The number of rotatable bonds is 1. The second-order valence-corrected chi connectivity index (χ2v) is 14.0. The lowest BCUT2D eigenvalue weighted by Gasteiger charge is -2.69. The molecule has 0 amide bonds. The standard InChI is InChI=1S/C29H48/c1-19(2)20-13-17-27(5)21(20)9-10-23-22(27)11-12-25-28(23,6)18-14-24-26(3,4)15-8-16-29(24,25)7/h20-25H,1,8-18H2,2-7H3/t20-,21?,22+,23-,24+,25+,27+,28+,29+/m1/s1. The quantitative estimate of drug-likeness (QED) is 0.389. The third kappa shape index (κ3) is 2.62. The van der Waals surface area contributed by atoms with E-state index in [1.807, 2.05) is 0 Å². The number of hydrogen-bond donors (Lipinski definition) is 0. The van der Waals surface area contributed by atoms with Crippen molar-refractivity contribution in [3.05, 3.63) is 12.2 Å².